The molecule has 1 N–H and O–H groups in total. The van der Waals surface area contributed by atoms with Crippen LogP contribution in [0.3, 0.4) is 0 Å². The molecule has 3 unspecified atom stereocenters. The molecule has 3 aromatic rings. The summed E-state index contributed by atoms with van der Waals surface area (Å²) in [7, 11) is 0. The lowest BCUT2D eigenvalue weighted by Gasteiger charge is -2.42. The first-order chi connectivity index (χ1) is 24.1. The monoisotopic (exact) mass is 693 g/mol. The molecule has 50 heavy (non-hydrogen) atoms. The fourth-order valence-electron chi connectivity index (χ4n) is 8.71. The first-order valence-electron chi connectivity index (χ1n) is 17.4. The van der Waals surface area contributed by atoms with E-state index in [2.05, 4.69) is 20.1 Å². The van der Waals surface area contributed by atoms with Crippen molar-refractivity contribution in [2.24, 2.45) is 17.8 Å². The van der Waals surface area contributed by atoms with Gasteiger partial charge in [-0.3, -0.25) is 14.4 Å². The summed E-state index contributed by atoms with van der Waals surface area (Å²) in [6.45, 7) is 16.6. The average molecular weight is 694 g/mol. The summed E-state index contributed by atoms with van der Waals surface area (Å²) in [6, 6.07) is 21.0. The summed E-state index contributed by atoms with van der Waals surface area (Å²) in [5.74, 6) is -1.43. The maximum absolute atomic E-state index is 15.4. The van der Waals surface area contributed by atoms with Crippen molar-refractivity contribution in [1.82, 2.24) is 4.90 Å². The zero-order valence-electron chi connectivity index (χ0n) is 29.3. The van der Waals surface area contributed by atoms with Crippen molar-refractivity contribution in [1.29, 1.82) is 0 Å². The lowest BCUT2D eigenvalue weighted by molar-refractivity contribution is -0.142. The summed E-state index contributed by atoms with van der Waals surface area (Å²) in [6.07, 6.45) is 4.09. The van der Waals surface area contributed by atoms with Crippen LogP contribution in [-0.4, -0.2) is 70.1 Å². The molecule has 6 rings (SSSR count). The molecule has 7 atom stereocenters. The standard InChI is InChI=1S/C41H47N3O5S/c1-7-22-42(30-18-20-31(21-19-30)49-9-3)38(46)34-33-24-28(6)41(50-33)35(34)39(47)44(32(25-45)29-16-11-10-12-17-29)37(41)40(48)43(23-8-2)36-26(4)14-13-15-27(36)5/h7-8,10-21,28,32-35,37,45H,1-2,9,22-25H2,3-6H3/t28?,32-,33-,34+,35+,37?,41?/m1/s1. The van der Waals surface area contributed by atoms with E-state index in [1.165, 1.54) is 0 Å². The highest BCUT2D eigenvalue weighted by molar-refractivity contribution is 8.02. The van der Waals surface area contributed by atoms with Crippen LogP contribution in [0.15, 0.2) is 98.1 Å². The van der Waals surface area contributed by atoms with Gasteiger partial charge in [-0.1, -0.05) is 67.6 Å². The molecular weight excluding hydrogens is 647 g/mol. The van der Waals surface area contributed by atoms with Crippen LogP contribution in [0.1, 0.15) is 43.0 Å². The van der Waals surface area contributed by atoms with E-state index in [-0.39, 0.29) is 48.6 Å². The van der Waals surface area contributed by atoms with Gasteiger partial charge in [-0.25, -0.2) is 0 Å². The Labute approximate surface area is 299 Å². The summed E-state index contributed by atoms with van der Waals surface area (Å²) in [4.78, 5) is 50.6. The number of aryl methyl sites for hydroxylation is 2. The Morgan fingerprint density at radius 3 is 2.22 bits per heavy atom. The topological polar surface area (TPSA) is 90.4 Å². The minimum atomic E-state index is -0.933. The summed E-state index contributed by atoms with van der Waals surface area (Å²) >= 11 is 1.63. The molecule has 0 aromatic heterocycles. The Morgan fingerprint density at radius 1 is 0.980 bits per heavy atom. The second-order valence-corrected chi connectivity index (χ2v) is 15.1. The number of thioether (sulfide) groups is 1. The molecule has 1 spiro atoms. The van der Waals surface area contributed by atoms with Gasteiger partial charge in [0.1, 0.15) is 11.8 Å². The van der Waals surface area contributed by atoms with Gasteiger partial charge in [0, 0.05) is 29.7 Å². The van der Waals surface area contributed by atoms with Crippen molar-refractivity contribution >= 4 is 40.9 Å². The number of rotatable bonds is 13. The van der Waals surface area contributed by atoms with E-state index in [1.807, 2.05) is 93.6 Å². The predicted octanol–water partition coefficient (Wildman–Crippen LogP) is 6.51. The lowest BCUT2D eigenvalue weighted by atomic mass is 9.65. The van der Waals surface area contributed by atoms with Gasteiger partial charge >= 0.3 is 0 Å². The Bertz CT molecular complexity index is 1740. The van der Waals surface area contributed by atoms with Crippen LogP contribution in [0.2, 0.25) is 0 Å². The normalized spacial score (nSPS) is 25.6. The number of hydrogen-bond donors (Lipinski definition) is 1. The lowest BCUT2D eigenvalue weighted by Crippen LogP contribution is -2.58. The van der Waals surface area contributed by atoms with Gasteiger partial charge in [-0.2, -0.15) is 0 Å². The quantitative estimate of drug-likeness (QED) is 0.206. The summed E-state index contributed by atoms with van der Waals surface area (Å²) in [5, 5.41) is 10.8. The van der Waals surface area contributed by atoms with Crippen molar-refractivity contribution in [3.05, 3.63) is 115 Å². The van der Waals surface area contributed by atoms with Gasteiger partial charge in [0.2, 0.25) is 11.8 Å². The summed E-state index contributed by atoms with van der Waals surface area (Å²) in [5.41, 5.74) is 4.08. The first kappa shape index (κ1) is 35.5. The molecule has 3 aliphatic heterocycles. The number of para-hydroxylation sites is 1. The van der Waals surface area contributed by atoms with E-state index < -0.39 is 28.7 Å². The number of carbonyl (C=O) groups is 3. The zero-order chi connectivity index (χ0) is 35.7. The molecular formula is C41H47N3O5S. The van der Waals surface area contributed by atoms with E-state index in [0.29, 0.717) is 24.5 Å². The van der Waals surface area contributed by atoms with E-state index >= 15 is 9.59 Å². The van der Waals surface area contributed by atoms with Gasteiger partial charge in [0.05, 0.1) is 35.8 Å². The molecule has 3 saturated heterocycles. The van der Waals surface area contributed by atoms with Crippen LogP contribution >= 0.6 is 11.8 Å². The number of anilines is 2. The van der Waals surface area contributed by atoms with Crippen LogP contribution < -0.4 is 14.5 Å². The van der Waals surface area contributed by atoms with Gasteiger partial charge < -0.3 is 24.5 Å². The Hall–Kier alpha value is -4.34. The molecule has 0 aliphatic carbocycles. The molecule has 262 valence electrons. The minimum Gasteiger partial charge on any atom is -0.494 e. The third-order valence-corrected chi connectivity index (χ3v) is 12.8. The maximum Gasteiger partial charge on any atom is 0.251 e. The number of ether oxygens (including phenoxy) is 1. The number of hydrogen-bond acceptors (Lipinski definition) is 6. The van der Waals surface area contributed by atoms with E-state index in [4.69, 9.17) is 4.74 Å². The van der Waals surface area contributed by atoms with Gasteiger partial charge in [-0.05, 0) is 74.1 Å². The maximum atomic E-state index is 15.4. The molecule has 0 radical (unpaired) electrons. The highest BCUT2D eigenvalue weighted by Crippen LogP contribution is 2.69. The van der Waals surface area contributed by atoms with Gasteiger partial charge in [-0.15, -0.1) is 24.9 Å². The van der Waals surface area contributed by atoms with Crippen LogP contribution in [0.4, 0.5) is 11.4 Å². The fourth-order valence-corrected chi connectivity index (χ4v) is 11.1. The molecule has 3 fully saturated rings. The van der Waals surface area contributed by atoms with Crippen molar-refractivity contribution in [2.75, 3.05) is 36.1 Å². The first-order valence-corrected chi connectivity index (χ1v) is 18.3. The van der Waals surface area contributed by atoms with Crippen LogP contribution in [-0.2, 0) is 14.4 Å². The second-order valence-electron chi connectivity index (χ2n) is 13.5. The van der Waals surface area contributed by atoms with Crippen molar-refractivity contribution in [3.63, 3.8) is 0 Å². The van der Waals surface area contributed by atoms with Crippen molar-refractivity contribution < 1.29 is 24.2 Å². The molecule has 0 saturated carbocycles. The highest BCUT2D eigenvalue weighted by atomic mass is 32.2. The largest absolute Gasteiger partial charge is 0.494 e. The zero-order valence-corrected chi connectivity index (χ0v) is 30.1. The smallest absolute Gasteiger partial charge is 0.251 e. The molecule has 9 heteroatoms. The number of benzene rings is 3. The second kappa shape index (κ2) is 14.5. The Kier molecular flexibility index (Phi) is 10.3. The molecule has 3 aromatic carbocycles. The number of nitrogens with zero attached hydrogens (tertiary/aromatic N) is 3. The van der Waals surface area contributed by atoms with Crippen LogP contribution in [0, 0.1) is 31.6 Å². The Morgan fingerprint density at radius 2 is 1.62 bits per heavy atom. The average Bonchev–Trinajstić information content (AvgIpc) is 3.71. The molecule has 3 heterocycles. The summed E-state index contributed by atoms with van der Waals surface area (Å²) < 4.78 is 4.75. The molecule has 3 aliphatic rings. The number of amides is 3. The minimum absolute atomic E-state index is 0.0496. The van der Waals surface area contributed by atoms with E-state index in [0.717, 1.165) is 22.4 Å². The van der Waals surface area contributed by atoms with Crippen molar-refractivity contribution in [2.45, 2.75) is 56.2 Å². The third kappa shape index (κ3) is 5.74. The van der Waals surface area contributed by atoms with Gasteiger partial charge in [0.25, 0.3) is 5.91 Å². The number of aliphatic hydroxyl groups excluding tert-OH is 1. The molecule has 8 nitrogen and oxygen atoms in total. The molecule has 3 amide bonds. The SMILES string of the molecule is C=CCN(C(=O)[C@@H]1[C@H]2C(=O)N([C@H](CO)c3ccccc3)C(C(=O)N(CC=C)c3c(C)cccc3C)C23S[C@@H]1CC3C)c1ccc(OCC)cc1. The number of carbonyl (C=O) groups excluding carboxylic acids is 3. The number of fused-ring (bicyclic) bond motifs is 1. The molecule has 2 bridgehead atoms. The number of aliphatic hydroxyl groups is 1. The highest BCUT2D eigenvalue weighted by Gasteiger charge is 2.77. The number of likely N-dealkylation sites (tertiary alicyclic amines) is 1. The Balaban J connectivity index is 1.49. The van der Waals surface area contributed by atoms with Crippen LogP contribution in [0.5, 0.6) is 5.75 Å². The van der Waals surface area contributed by atoms with Crippen molar-refractivity contribution in [3.8, 4) is 5.75 Å². The fraction of sp³-hybridized carbons (Fsp3) is 0.390. The van der Waals surface area contributed by atoms with Crippen LogP contribution in [0.25, 0.3) is 0 Å². The predicted molar refractivity (Wildman–Crippen MR) is 200 cm³/mol. The third-order valence-electron chi connectivity index (χ3n) is 10.7. The van der Waals surface area contributed by atoms with Gasteiger partial charge in [0.15, 0.2) is 0 Å². The van der Waals surface area contributed by atoms with E-state index in [1.54, 1.807) is 38.6 Å². The van der Waals surface area contributed by atoms with E-state index in [9.17, 15) is 9.90 Å².